The minimum Gasteiger partial charge on any atom is -0.206 e. The van der Waals surface area contributed by atoms with Crippen LogP contribution in [0.1, 0.15) is 37.1 Å². The van der Waals surface area contributed by atoms with E-state index in [1.807, 2.05) is 37.3 Å². The van der Waals surface area contributed by atoms with Gasteiger partial charge in [0, 0.05) is 9.75 Å². The average Bonchev–Trinajstić information content (AvgIpc) is 3.03. The van der Waals surface area contributed by atoms with Crippen LogP contribution in [0.5, 0.6) is 0 Å². The minimum atomic E-state index is -0.512. The highest BCUT2D eigenvalue weighted by molar-refractivity contribution is 7.15. The summed E-state index contributed by atoms with van der Waals surface area (Å²) in [6.07, 6.45) is 0.869. The van der Waals surface area contributed by atoms with Crippen LogP contribution in [0.4, 0.5) is 8.78 Å². The molecule has 0 unspecified atom stereocenters. The largest absolute Gasteiger partial charge is 0.206 e. The molecule has 0 aliphatic rings. The van der Waals surface area contributed by atoms with Crippen molar-refractivity contribution in [1.29, 1.82) is 0 Å². The predicted molar refractivity (Wildman–Crippen MR) is 98.6 cm³/mol. The van der Waals surface area contributed by atoms with Crippen molar-refractivity contribution in [3.63, 3.8) is 0 Å². The van der Waals surface area contributed by atoms with Crippen molar-refractivity contribution in [1.82, 2.24) is 0 Å². The van der Waals surface area contributed by atoms with Gasteiger partial charge >= 0.3 is 0 Å². The number of thiophene rings is 1. The van der Waals surface area contributed by atoms with Crippen molar-refractivity contribution in [3.05, 3.63) is 70.6 Å². The zero-order chi connectivity index (χ0) is 17.3. The van der Waals surface area contributed by atoms with E-state index in [1.54, 1.807) is 6.07 Å². The topological polar surface area (TPSA) is 0 Å². The standard InChI is InChI=1S/C21H20F2S/c1-4-17-9-10-20(24-17)21-18(22)11-16(12-19(21)23)15-7-5-14(6-8-15)13(2)3/h5-13H,4H2,1-3H3. The van der Waals surface area contributed by atoms with Gasteiger partial charge in [-0.15, -0.1) is 11.3 Å². The third kappa shape index (κ3) is 3.27. The zero-order valence-electron chi connectivity index (χ0n) is 14.1. The van der Waals surface area contributed by atoms with E-state index in [-0.39, 0.29) is 5.56 Å². The first-order chi connectivity index (χ1) is 11.5. The lowest BCUT2D eigenvalue weighted by molar-refractivity contribution is 0.591. The number of hydrogen-bond donors (Lipinski definition) is 0. The molecule has 124 valence electrons. The predicted octanol–water partition coefficient (Wildman–Crippen LogP) is 7.05. The monoisotopic (exact) mass is 342 g/mol. The van der Waals surface area contributed by atoms with E-state index in [0.717, 1.165) is 16.9 Å². The molecule has 0 aliphatic heterocycles. The fraction of sp³-hybridized carbons (Fsp3) is 0.238. The van der Waals surface area contributed by atoms with Crippen LogP contribution < -0.4 is 0 Å². The molecule has 0 fully saturated rings. The lowest BCUT2D eigenvalue weighted by Gasteiger charge is -2.09. The number of rotatable bonds is 4. The van der Waals surface area contributed by atoms with Gasteiger partial charge in [0.15, 0.2) is 0 Å². The maximum atomic E-state index is 14.6. The highest BCUT2D eigenvalue weighted by Gasteiger charge is 2.16. The first kappa shape index (κ1) is 16.8. The van der Waals surface area contributed by atoms with E-state index in [2.05, 4.69) is 13.8 Å². The zero-order valence-corrected chi connectivity index (χ0v) is 14.9. The van der Waals surface area contributed by atoms with Gasteiger partial charge in [0.25, 0.3) is 0 Å². The molecule has 3 rings (SSSR count). The summed E-state index contributed by atoms with van der Waals surface area (Å²) in [5.41, 5.74) is 2.67. The molecule has 0 spiro atoms. The molecule has 2 aromatic carbocycles. The quantitative estimate of drug-likeness (QED) is 0.477. The first-order valence-electron chi connectivity index (χ1n) is 8.18. The summed E-state index contributed by atoms with van der Waals surface area (Å²) in [5, 5.41) is 0. The van der Waals surface area contributed by atoms with Crippen molar-refractivity contribution < 1.29 is 8.78 Å². The van der Waals surface area contributed by atoms with E-state index in [9.17, 15) is 8.78 Å². The van der Waals surface area contributed by atoms with Crippen LogP contribution in [0.25, 0.3) is 21.6 Å². The van der Waals surface area contributed by atoms with E-state index < -0.39 is 11.6 Å². The van der Waals surface area contributed by atoms with E-state index in [1.165, 1.54) is 29.0 Å². The third-order valence-electron chi connectivity index (χ3n) is 4.21. The Hall–Kier alpha value is -2.00. The highest BCUT2D eigenvalue weighted by atomic mass is 32.1. The summed E-state index contributed by atoms with van der Waals surface area (Å²) in [6.45, 7) is 6.27. The summed E-state index contributed by atoms with van der Waals surface area (Å²) in [7, 11) is 0. The van der Waals surface area contributed by atoms with Gasteiger partial charge in [-0.25, -0.2) is 8.78 Å². The lowest BCUT2D eigenvalue weighted by atomic mass is 9.97. The Kier molecular flexibility index (Phi) is 4.81. The molecule has 0 atom stereocenters. The Morgan fingerprint density at radius 1 is 0.875 bits per heavy atom. The Bertz CT molecular complexity index is 822. The molecule has 0 saturated heterocycles. The molecular weight excluding hydrogens is 322 g/mol. The van der Waals surface area contributed by atoms with Crippen LogP contribution >= 0.6 is 11.3 Å². The van der Waals surface area contributed by atoms with Crippen LogP contribution in [0.15, 0.2) is 48.5 Å². The third-order valence-corrected chi connectivity index (χ3v) is 5.46. The number of aryl methyl sites for hydroxylation is 1. The number of halogens is 2. The Labute approximate surface area is 145 Å². The Balaban J connectivity index is 2.00. The number of benzene rings is 2. The van der Waals surface area contributed by atoms with Gasteiger partial charge in [0.05, 0.1) is 5.56 Å². The van der Waals surface area contributed by atoms with Crippen LogP contribution in [0.2, 0.25) is 0 Å². The van der Waals surface area contributed by atoms with E-state index in [0.29, 0.717) is 16.4 Å². The molecule has 1 heterocycles. The molecule has 3 heteroatoms. The molecule has 1 aromatic heterocycles. The summed E-state index contributed by atoms with van der Waals surface area (Å²) >= 11 is 1.44. The molecule has 0 saturated carbocycles. The van der Waals surface area contributed by atoms with E-state index >= 15 is 0 Å². The van der Waals surface area contributed by atoms with Gasteiger partial charge in [-0.05, 0) is 53.3 Å². The van der Waals surface area contributed by atoms with Gasteiger partial charge in [0.2, 0.25) is 0 Å². The van der Waals surface area contributed by atoms with Gasteiger partial charge in [-0.3, -0.25) is 0 Å². The summed E-state index contributed by atoms with van der Waals surface area (Å²) in [6, 6.07) is 14.4. The average molecular weight is 342 g/mol. The summed E-state index contributed by atoms with van der Waals surface area (Å²) < 4.78 is 29.1. The molecule has 0 N–H and O–H groups in total. The van der Waals surface area contributed by atoms with Gasteiger partial charge in [-0.2, -0.15) is 0 Å². The van der Waals surface area contributed by atoms with Gasteiger partial charge < -0.3 is 0 Å². The molecule has 0 radical (unpaired) electrons. The van der Waals surface area contributed by atoms with Crippen LogP contribution in [0.3, 0.4) is 0 Å². The van der Waals surface area contributed by atoms with Crippen molar-refractivity contribution >= 4 is 11.3 Å². The van der Waals surface area contributed by atoms with Crippen molar-refractivity contribution in [2.45, 2.75) is 33.1 Å². The fourth-order valence-corrected chi connectivity index (χ4v) is 3.73. The smallest absolute Gasteiger partial charge is 0.135 e. The summed E-state index contributed by atoms with van der Waals surface area (Å²) in [4.78, 5) is 1.76. The van der Waals surface area contributed by atoms with Gasteiger partial charge in [-0.1, -0.05) is 45.0 Å². The normalized spacial score (nSPS) is 11.2. The van der Waals surface area contributed by atoms with Crippen LogP contribution in [-0.2, 0) is 6.42 Å². The first-order valence-corrected chi connectivity index (χ1v) is 8.99. The SMILES string of the molecule is CCc1ccc(-c2c(F)cc(-c3ccc(C(C)C)cc3)cc2F)s1. The van der Waals surface area contributed by atoms with Gasteiger partial charge in [0.1, 0.15) is 11.6 Å². The van der Waals surface area contributed by atoms with Crippen LogP contribution in [-0.4, -0.2) is 0 Å². The summed E-state index contributed by atoms with van der Waals surface area (Å²) in [5.74, 6) is -0.591. The molecule has 0 bridgehead atoms. The minimum absolute atomic E-state index is 0.0715. The number of hydrogen-bond acceptors (Lipinski definition) is 1. The molecule has 0 nitrogen and oxygen atoms in total. The fourth-order valence-electron chi connectivity index (χ4n) is 2.74. The van der Waals surface area contributed by atoms with Crippen molar-refractivity contribution in [2.75, 3.05) is 0 Å². The van der Waals surface area contributed by atoms with E-state index in [4.69, 9.17) is 0 Å². The maximum absolute atomic E-state index is 14.6. The molecule has 24 heavy (non-hydrogen) atoms. The Morgan fingerprint density at radius 2 is 1.50 bits per heavy atom. The van der Waals surface area contributed by atoms with Crippen molar-refractivity contribution in [3.8, 4) is 21.6 Å². The second-order valence-corrected chi connectivity index (χ2v) is 7.38. The maximum Gasteiger partial charge on any atom is 0.135 e. The molecule has 0 aliphatic carbocycles. The lowest BCUT2D eigenvalue weighted by Crippen LogP contribution is -1.92. The van der Waals surface area contributed by atoms with Crippen LogP contribution in [0, 0.1) is 11.6 Å². The Morgan fingerprint density at radius 3 is 2.00 bits per heavy atom. The molecule has 3 aromatic rings. The highest BCUT2D eigenvalue weighted by Crippen LogP contribution is 2.35. The second kappa shape index (κ2) is 6.86. The molecular formula is C21H20F2S. The molecule has 0 amide bonds. The van der Waals surface area contributed by atoms with Crippen molar-refractivity contribution in [2.24, 2.45) is 0 Å². The second-order valence-electron chi connectivity index (χ2n) is 6.21.